The molecule has 0 radical (unpaired) electrons. The van der Waals surface area contributed by atoms with Crippen molar-refractivity contribution in [2.45, 2.75) is 39.4 Å². The first-order valence-corrected chi connectivity index (χ1v) is 10.4. The third-order valence-corrected chi connectivity index (χ3v) is 3.40. The quantitative estimate of drug-likeness (QED) is 0.565. The molecule has 9 nitrogen and oxygen atoms in total. The van der Waals surface area contributed by atoms with E-state index in [1.807, 2.05) is 0 Å². The average Bonchev–Trinajstić information content (AvgIpc) is 2.20. The second kappa shape index (κ2) is 8.27. The number of carbonyl (C=O) groups excluding carboxylic acids is 1. The Bertz CT molecular complexity index is 591. The van der Waals surface area contributed by atoms with Crippen LogP contribution in [-0.2, 0) is 33.3 Å². The standard InChI is InChI=1S/C12H25NO8S2/c1-10(21-23(6,17)18)9-13(7-8-19-22(5,15)16)11(14)20-12(2,3)4/h10H,7-9H2,1-6H3/t10-/m1/s1. The van der Waals surface area contributed by atoms with E-state index in [0.717, 1.165) is 17.4 Å². The van der Waals surface area contributed by atoms with Gasteiger partial charge in [0.1, 0.15) is 5.60 Å². The van der Waals surface area contributed by atoms with E-state index in [2.05, 4.69) is 4.18 Å². The van der Waals surface area contributed by atoms with Crippen molar-refractivity contribution in [2.24, 2.45) is 0 Å². The fourth-order valence-corrected chi connectivity index (χ4v) is 2.56. The Balaban J connectivity index is 4.88. The third-order valence-electron chi connectivity index (χ3n) is 2.13. The number of amides is 1. The topological polar surface area (TPSA) is 116 Å². The molecule has 1 atom stereocenters. The van der Waals surface area contributed by atoms with Crippen LogP contribution in [0.4, 0.5) is 4.79 Å². The molecule has 0 bridgehead atoms. The highest BCUT2D eigenvalue weighted by Crippen LogP contribution is 2.11. The number of nitrogens with zero attached hydrogens (tertiary/aromatic N) is 1. The van der Waals surface area contributed by atoms with E-state index in [4.69, 9.17) is 8.92 Å². The molecule has 0 N–H and O–H groups in total. The van der Waals surface area contributed by atoms with E-state index in [0.29, 0.717) is 0 Å². The van der Waals surface area contributed by atoms with Crippen molar-refractivity contribution in [1.29, 1.82) is 0 Å². The highest BCUT2D eigenvalue weighted by Gasteiger charge is 2.25. The lowest BCUT2D eigenvalue weighted by atomic mass is 10.2. The maximum Gasteiger partial charge on any atom is 0.410 e. The highest BCUT2D eigenvalue weighted by atomic mass is 32.2. The Morgan fingerprint density at radius 1 is 1.09 bits per heavy atom. The van der Waals surface area contributed by atoms with Gasteiger partial charge < -0.3 is 9.64 Å². The zero-order valence-corrected chi connectivity index (χ0v) is 15.9. The summed E-state index contributed by atoms with van der Waals surface area (Å²) >= 11 is 0. The predicted molar refractivity (Wildman–Crippen MR) is 84.0 cm³/mol. The number of rotatable bonds is 8. The van der Waals surface area contributed by atoms with Gasteiger partial charge in [-0.25, -0.2) is 4.79 Å². The number of hydrogen-bond donors (Lipinski definition) is 0. The zero-order chi connectivity index (χ0) is 18.5. The Kier molecular flexibility index (Phi) is 7.94. The van der Waals surface area contributed by atoms with Crippen LogP contribution in [-0.4, -0.2) is 71.7 Å². The summed E-state index contributed by atoms with van der Waals surface area (Å²) < 4.78 is 58.7. The van der Waals surface area contributed by atoms with Gasteiger partial charge in [0.25, 0.3) is 20.2 Å². The van der Waals surface area contributed by atoms with Crippen LogP contribution in [0.3, 0.4) is 0 Å². The molecule has 0 aromatic carbocycles. The molecule has 0 heterocycles. The van der Waals surface area contributed by atoms with Gasteiger partial charge in [0.2, 0.25) is 0 Å². The summed E-state index contributed by atoms with van der Waals surface area (Å²) in [5.41, 5.74) is -0.756. The Hall–Kier alpha value is -0.910. The summed E-state index contributed by atoms with van der Waals surface area (Å²) in [4.78, 5) is 13.2. The molecule has 1 amide bonds. The lowest BCUT2D eigenvalue weighted by Gasteiger charge is -2.28. The molecule has 0 spiro atoms. The van der Waals surface area contributed by atoms with E-state index in [9.17, 15) is 21.6 Å². The van der Waals surface area contributed by atoms with Crippen molar-refractivity contribution in [3.05, 3.63) is 0 Å². The molecular weight excluding hydrogens is 350 g/mol. The third kappa shape index (κ3) is 13.2. The monoisotopic (exact) mass is 375 g/mol. The minimum absolute atomic E-state index is 0.0978. The molecule has 0 aromatic rings. The van der Waals surface area contributed by atoms with Crippen LogP contribution in [0.2, 0.25) is 0 Å². The minimum atomic E-state index is -3.68. The molecule has 0 unspecified atom stereocenters. The Morgan fingerprint density at radius 2 is 1.61 bits per heavy atom. The highest BCUT2D eigenvalue weighted by molar-refractivity contribution is 7.86. The molecule has 138 valence electrons. The van der Waals surface area contributed by atoms with E-state index in [1.165, 1.54) is 6.92 Å². The largest absolute Gasteiger partial charge is 0.444 e. The number of carbonyl (C=O) groups is 1. The van der Waals surface area contributed by atoms with Gasteiger partial charge in [0.05, 0.1) is 31.8 Å². The van der Waals surface area contributed by atoms with Gasteiger partial charge in [-0.15, -0.1) is 0 Å². The van der Waals surface area contributed by atoms with Crippen molar-refractivity contribution in [3.63, 3.8) is 0 Å². The van der Waals surface area contributed by atoms with Gasteiger partial charge in [0.15, 0.2) is 0 Å². The minimum Gasteiger partial charge on any atom is -0.444 e. The first-order valence-electron chi connectivity index (χ1n) is 6.79. The molecule has 0 rings (SSSR count). The van der Waals surface area contributed by atoms with Crippen molar-refractivity contribution in [1.82, 2.24) is 4.90 Å². The molecule has 11 heteroatoms. The van der Waals surface area contributed by atoms with Gasteiger partial charge in [-0.05, 0) is 27.7 Å². The summed E-state index contributed by atoms with van der Waals surface area (Å²) in [6.45, 7) is 6.01. The van der Waals surface area contributed by atoms with Crippen LogP contribution in [0.5, 0.6) is 0 Å². The molecule has 0 fully saturated rings. The van der Waals surface area contributed by atoms with Crippen LogP contribution in [0.1, 0.15) is 27.7 Å². The maximum atomic E-state index is 12.1. The van der Waals surface area contributed by atoms with Crippen molar-refractivity contribution in [2.75, 3.05) is 32.2 Å². The molecule has 0 saturated carbocycles. The molecular formula is C12H25NO8S2. The van der Waals surface area contributed by atoms with E-state index in [-0.39, 0.29) is 19.7 Å². The van der Waals surface area contributed by atoms with E-state index < -0.39 is 38.0 Å². The van der Waals surface area contributed by atoms with Crippen LogP contribution in [0, 0.1) is 0 Å². The first kappa shape index (κ1) is 22.1. The second-order valence-electron chi connectivity index (χ2n) is 6.06. The maximum absolute atomic E-state index is 12.1. The fourth-order valence-electron chi connectivity index (χ4n) is 1.52. The van der Waals surface area contributed by atoms with Crippen molar-refractivity contribution < 1.29 is 34.7 Å². The molecule has 0 aliphatic rings. The summed E-state index contributed by atoms with van der Waals surface area (Å²) in [7, 11) is -7.32. The van der Waals surface area contributed by atoms with E-state index >= 15 is 0 Å². The molecule has 0 saturated heterocycles. The molecule has 0 aromatic heterocycles. The molecule has 0 aliphatic heterocycles. The van der Waals surface area contributed by atoms with Gasteiger partial charge in [0, 0.05) is 6.54 Å². The second-order valence-corrected chi connectivity index (χ2v) is 9.31. The normalized spacial score (nSPS) is 14.3. The number of ether oxygens (including phenoxy) is 1. The average molecular weight is 375 g/mol. The van der Waals surface area contributed by atoms with Crippen LogP contribution in [0.25, 0.3) is 0 Å². The van der Waals surface area contributed by atoms with Gasteiger partial charge in [-0.1, -0.05) is 0 Å². The molecule has 0 aliphatic carbocycles. The Morgan fingerprint density at radius 3 is 2.00 bits per heavy atom. The summed E-state index contributed by atoms with van der Waals surface area (Å²) in [5, 5.41) is 0. The first-order chi connectivity index (χ1) is 10.1. The zero-order valence-electron chi connectivity index (χ0n) is 14.2. The van der Waals surface area contributed by atoms with Crippen LogP contribution < -0.4 is 0 Å². The van der Waals surface area contributed by atoms with Gasteiger partial charge in [-0.3, -0.25) is 8.37 Å². The summed E-state index contributed by atoms with van der Waals surface area (Å²) in [6, 6.07) is 0. The summed E-state index contributed by atoms with van der Waals surface area (Å²) in [5.74, 6) is 0. The SMILES string of the molecule is C[C@H](CN(CCOS(C)(=O)=O)C(=O)OC(C)(C)C)OS(C)(=O)=O. The summed E-state index contributed by atoms with van der Waals surface area (Å²) in [6.07, 6.45) is 0.239. The molecule has 23 heavy (non-hydrogen) atoms. The van der Waals surface area contributed by atoms with Crippen LogP contribution >= 0.6 is 0 Å². The van der Waals surface area contributed by atoms with Crippen molar-refractivity contribution in [3.8, 4) is 0 Å². The predicted octanol–water partition coefficient (Wildman–Crippen LogP) is 0.564. The van der Waals surface area contributed by atoms with Crippen LogP contribution in [0.15, 0.2) is 0 Å². The van der Waals surface area contributed by atoms with Gasteiger partial charge >= 0.3 is 6.09 Å². The van der Waals surface area contributed by atoms with E-state index in [1.54, 1.807) is 20.8 Å². The lowest BCUT2D eigenvalue weighted by molar-refractivity contribution is 0.0159. The van der Waals surface area contributed by atoms with Gasteiger partial charge in [-0.2, -0.15) is 16.8 Å². The smallest absolute Gasteiger partial charge is 0.410 e. The number of hydrogen-bond acceptors (Lipinski definition) is 8. The lowest BCUT2D eigenvalue weighted by Crippen LogP contribution is -2.43. The fraction of sp³-hybridized carbons (Fsp3) is 0.917. The Labute approximate surface area is 138 Å². The van der Waals surface area contributed by atoms with Crippen molar-refractivity contribution >= 4 is 26.3 Å².